The summed E-state index contributed by atoms with van der Waals surface area (Å²) in [5.41, 5.74) is 13.6. The van der Waals surface area contributed by atoms with Crippen molar-refractivity contribution in [1.82, 2.24) is 9.55 Å². The minimum atomic E-state index is -0.0403. The molecular formula is C58H59N4OPt-3. The third-order valence-electron chi connectivity index (χ3n) is 12.4. The number of ether oxygens (including phenoxy) is 1. The minimum Gasteiger partial charge on any atom is -0.509 e. The molecule has 0 atom stereocenters. The number of fused-ring (bicyclic) bond motifs is 4. The Labute approximate surface area is 395 Å². The average Bonchev–Trinajstić information content (AvgIpc) is 3.79. The zero-order valence-electron chi connectivity index (χ0n) is 39.3. The van der Waals surface area contributed by atoms with E-state index >= 15 is 0 Å². The van der Waals surface area contributed by atoms with E-state index < -0.39 is 0 Å². The number of hydrogen-bond donors (Lipinski definition) is 0. The van der Waals surface area contributed by atoms with E-state index in [1.54, 1.807) is 0 Å². The summed E-state index contributed by atoms with van der Waals surface area (Å²) in [6, 6.07) is 53.1. The van der Waals surface area contributed by atoms with Crippen LogP contribution in [0.5, 0.6) is 11.5 Å². The number of benzene rings is 6. The first-order valence-corrected chi connectivity index (χ1v) is 22.2. The number of para-hydroxylation sites is 2. The van der Waals surface area contributed by atoms with Crippen molar-refractivity contribution in [2.45, 2.75) is 105 Å². The summed E-state index contributed by atoms with van der Waals surface area (Å²) < 4.78 is 8.89. The van der Waals surface area contributed by atoms with Gasteiger partial charge in [-0.2, -0.15) is 12.1 Å². The van der Waals surface area contributed by atoms with E-state index in [-0.39, 0.29) is 42.7 Å². The maximum absolute atomic E-state index is 6.69. The van der Waals surface area contributed by atoms with Gasteiger partial charge >= 0.3 is 0 Å². The Hall–Kier alpha value is -5.64. The average molecular weight is 1020 g/mol. The first kappa shape index (κ1) is 44.9. The number of rotatable bonds is 6. The molecule has 6 aromatic carbocycles. The van der Waals surface area contributed by atoms with E-state index in [1.165, 1.54) is 33.4 Å². The van der Waals surface area contributed by atoms with E-state index in [4.69, 9.17) is 9.72 Å². The monoisotopic (exact) mass is 1020 g/mol. The molecule has 0 amide bonds. The molecule has 0 aliphatic carbocycles. The van der Waals surface area contributed by atoms with Gasteiger partial charge < -0.3 is 19.1 Å². The topological polar surface area (TPSA) is 33.5 Å². The number of hydrogen-bond acceptors (Lipinski definition) is 4. The molecule has 9 rings (SSSR count). The number of anilines is 4. The molecule has 5 nitrogen and oxygen atoms in total. The molecule has 0 saturated heterocycles. The predicted octanol–water partition coefficient (Wildman–Crippen LogP) is 15.8. The Balaban J connectivity index is 0.00000560. The standard InChI is InChI=1S/C58H59N4O.Pt/c1-55(2,3)39-25-23-38(24-26-39)47-20-16-22-51-54(47)61(44-32-41(57(7,8)9)31-42(33-44)58(10,11)12)37-60(51)43-17-15-18-45(35-43)63-46-27-28-49-48-19-13-14-21-50(48)62(52(49)36-46)53-34-40(29-30-59-53)56(4,5)6;/h13-34,37H,1-12H3;/q-3;. The Morgan fingerprint density at radius 2 is 1.17 bits per heavy atom. The summed E-state index contributed by atoms with van der Waals surface area (Å²) in [4.78, 5) is 9.48. The SMILES string of the molecule is CC(C)(C)c1ccc(-c2cccc3c2N(c2cc(C(C)(C)C)cc(C(C)(C)C)c2)[CH-]N3c2[c-]c(Oc3[c-]c4c(cc3)c3ccccc3n4-c3cc(C(C)(C)C)ccn3)ccc2)cc1.[Pt]. The molecule has 0 spiro atoms. The summed E-state index contributed by atoms with van der Waals surface area (Å²) in [6.45, 7) is 29.5. The Bertz CT molecular complexity index is 2970. The van der Waals surface area contributed by atoms with Crippen LogP contribution >= 0.6 is 0 Å². The largest absolute Gasteiger partial charge is 0.509 e. The second-order valence-electron chi connectivity index (χ2n) is 21.2. The molecule has 0 N–H and O–H groups in total. The van der Waals surface area contributed by atoms with Crippen LogP contribution < -0.4 is 14.5 Å². The maximum atomic E-state index is 6.69. The third kappa shape index (κ3) is 8.52. The van der Waals surface area contributed by atoms with Crippen molar-refractivity contribution in [3.05, 3.63) is 175 Å². The molecule has 1 aliphatic rings. The van der Waals surface area contributed by atoms with E-state index in [9.17, 15) is 0 Å². The van der Waals surface area contributed by atoms with E-state index in [0.717, 1.165) is 50.4 Å². The Morgan fingerprint density at radius 3 is 1.84 bits per heavy atom. The summed E-state index contributed by atoms with van der Waals surface area (Å²) in [5, 5.41) is 2.24. The molecule has 330 valence electrons. The van der Waals surface area contributed by atoms with Crippen molar-refractivity contribution in [2.75, 3.05) is 9.80 Å². The van der Waals surface area contributed by atoms with Crippen LogP contribution in [0.2, 0.25) is 0 Å². The fourth-order valence-electron chi connectivity index (χ4n) is 8.53. The molecule has 0 saturated carbocycles. The fraction of sp³-hybridized carbons (Fsp3) is 0.276. The van der Waals surface area contributed by atoms with Crippen molar-refractivity contribution >= 4 is 44.6 Å². The molecular weight excluding hydrogens is 964 g/mol. The molecule has 0 bridgehead atoms. The second-order valence-corrected chi connectivity index (χ2v) is 21.2. The molecule has 0 fully saturated rings. The Kier molecular flexibility index (Phi) is 11.5. The van der Waals surface area contributed by atoms with Gasteiger partial charge in [0.05, 0.1) is 0 Å². The van der Waals surface area contributed by atoms with Crippen molar-refractivity contribution in [3.8, 4) is 28.4 Å². The third-order valence-corrected chi connectivity index (χ3v) is 12.4. The number of aromatic nitrogens is 2. The van der Waals surface area contributed by atoms with Crippen LogP contribution in [0, 0.1) is 18.8 Å². The quantitative estimate of drug-likeness (QED) is 0.155. The number of nitrogens with zero attached hydrogens (tertiary/aromatic N) is 4. The molecule has 2 aromatic heterocycles. The normalized spacial score (nSPS) is 13.4. The van der Waals surface area contributed by atoms with Gasteiger partial charge in [-0.15, -0.1) is 48.1 Å². The van der Waals surface area contributed by atoms with E-state index in [2.05, 4.69) is 225 Å². The van der Waals surface area contributed by atoms with Crippen molar-refractivity contribution < 1.29 is 25.8 Å². The van der Waals surface area contributed by atoms with Crippen LogP contribution in [0.25, 0.3) is 38.8 Å². The molecule has 64 heavy (non-hydrogen) atoms. The van der Waals surface area contributed by atoms with Crippen molar-refractivity contribution in [3.63, 3.8) is 0 Å². The molecule has 0 radical (unpaired) electrons. The second kappa shape index (κ2) is 16.4. The summed E-state index contributed by atoms with van der Waals surface area (Å²) in [5.74, 6) is 2.07. The van der Waals surface area contributed by atoms with Gasteiger partial charge in [0.15, 0.2) is 0 Å². The molecule has 1 aliphatic heterocycles. The summed E-state index contributed by atoms with van der Waals surface area (Å²) in [7, 11) is 0. The van der Waals surface area contributed by atoms with Gasteiger partial charge in [-0.25, -0.2) is 4.98 Å². The summed E-state index contributed by atoms with van der Waals surface area (Å²) >= 11 is 0. The van der Waals surface area contributed by atoms with Gasteiger partial charge in [-0.3, -0.25) is 0 Å². The smallest absolute Gasteiger partial charge is 0.135 e. The van der Waals surface area contributed by atoms with Gasteiger partial charge in [-0.1, -0.05) is 149 Å². The molecule has 6 heteroatoms. The summed E-state index contributed by atoms with van der Waals surface area (Å²) in [6.07, 6.45) is 1.91. The van der Waals surface area contributed by atoms with Crippen LogP contribution in [-0.2, 0) is 42.7 Å². The van der Waals surface area contributed by atoms with Gasteiger partial charge in [0, 0.05) is 66.9 Å². The minimum absolute atomic E-state index is 0. The van der Waals surface area contributed by atoms with Crippen molar-refractivity contribution in [2.24, 2.45) is 0 Å². The van der Waals surface area contributed by atoms with Gasteiger partial charge in [0.2, 0.25) is 0 Å². The molecule has 8 aromatic rings. The van der Waals surface area contributed by atoms with Gasteiger partial charge in [0.1, 0.15) is 5.82 Å². The molecule has 3 heterocycles. The first-order chi connectivity index (χ1) is 29.7. The predicted molar refractivity (Wildman–Crippen MR) is 264 cm³/mol. The zero-order chi connectivity index (χ0) is 44.6. The number of pyridine rings is 1. The first-order valence-electron chi connectivity index (χ1n) is 22.2. The van der Waals surface area contributed by atoms with Crippen LogP contribution in [0.3, 0.4) is 0 Å². The maximum Gasteiger partial charge on any atom is 0.135 e. The fourth-order valence-corrected chi connectivity index (χ4v) is 8.53. The van der Waals surface area contributed by atoms with Crippen LogP contribution in [0.15, 0.2) is 134 Å². The van der Waals surface area contributed by atoms with E-state index in [0.29, 0.717) is 11.5 Å². The van der Waals surface area contributed by atoms with Crippen molar-refractivity contribution in [1.29, 1.82) is 0 Å². The van der Waals surface area contributed by atoms with Crippen LogP contribution in [-0.4, -0.2) is 9.55 Å². The van der Waals surface area contributed by atoms with Gasteiger partial charge in [-0.05, 0) is 91.3 Å². The van der Waals surface area contributed by atoms with Crippen LogP contribution in [0.4, 0.5) is 22.7 Å². The molecule has 0 unspecified atom stereocenters. The Morgan fingerprint density at radius 1 is 0.531 bits per heavy atom. The van der Waals surface area contributed by atoms with Crippen LogP contribution in [0.1, 0.15) is 105 Å². The van der Waals surface area contributed by atoms with E-state index in [1.807, 2.05) is 24.4 Å². The van der Waals surface area contributed by atoms with Gasteiger partial charge in [0.25, 0.3) is 0 Å². The zero-order valence-corrected chi connectivity index (χ0v) is 41.6.